The minimum absolute atomic E-state index is 0. The monoisotopic (exact) mass is 246 g/mol. The van der Waals surface area contributed by atoms with E-state index >= 15 is 0 Å². The molecule has 1 fully saturated rings. The van der Waals surface area contributed by atoms with Crippen molar-refractivity contribution >= 4 is 7.12 Å². The molecular formula is C14H35BO2. The molecule has 0 aromatic carbocycles. The first-order valence-corrected chi connectivity index (χ1v) is 6.54. The van der Waals surface area contributed by atoms with Gasteiger partial charge in [0.2, 0.25) is 0 Å². The maximum atomic E-state index is 5.54. The summed E-state index contributed by atoms with van der Waals surface area (Å²) in [5.41, 5.74) is -0.321. The molecule has 0 radical (unpaired) electrons. The summed E-state index contributed by atoms with van der Waals surface area (Å²) in [6, 6.07) is 0. The van der Waals surface area contributed by atoms with Gasteiger partial charge in [-0.3, -0.25) is 0 Å². The lowest BCUT2D eigenvalue weighted by Gasteiger charge is -2.32. The van der Waals surface area contributed by atoms with Gasteiger partial charge in [-0.15, -0.1) is 0 Å². The molecule has 1 rings (SSSR count). The minimum atomic E-state index is -0.160. The van der Waals surface area contributed by atoms with Crippen molar-refractivity contribution in [1.82, 2.24) is 0 Å². The van der Waals surface area contributed by atoms with E-state index in [9.17, 15) is 0 Å². The Kier molecular flexibility index (Phi) is 13.0. The Morgan fingerprint density at radius 2 is 0.941 bits per heavy atom. The maximum absolute atomic E-state index is 5.54. The largest absolute Gasteiger partial charge is 0.454 e. The normalized spacial score (nSPS) is 19.2. The smallest absolute Gasteiger partial charge is 0.403 e. The van der Waals surface area contributed by atoms with Gasteiger partial charge in [-0.25, -0.2) is 0 Å². The maximum Gasteiger partial charge on any atom is 0.454 e. The van der Waals surface area contributed by atoms with Crippen molar-refractivity contribution in [2.75, 3.05) is 0 Å². The Bertz CT molecular complexity index is 150. The second-order valence-corrected chi connectivity index (χ2v) is 5.24. The van der Waals surface area contributed by atoms with Crippen LogP contribution < -0.4 is 0 Å². The Morgan fingerprint density at radius 1 is 0.765 bits per heavy atom. The topological polar surface area (TPSA) is 18.5 Å². The molecule has 1 aliphatic heterocycles. The molecule has 106 valence electrons. The lowest BCUT2D eigenvalue weighted by molar-refractivity contribution is 0.00578. The summed E-state index contributed by atoms with van der Waals surface area (Å²) in [5.74, 6) is 0. The summed E-state index contributed by atoms with van der Waals surface area (Å²) < 4.78 is 11.1. The fraction of sp³-hybridized carbons (Fsp3) is 1.00. The Balaban J connectivity index is -0.000000240. The summed E-state index contributed by atoms with van der Waals surface area (Å²) in [6.07, 6.45) is 2.50. The predicted molar refractivity (Wildman–Crippen MR) is 80.6 cm³/mol. The summed E-state index contributed by atoms with van der Waals surface area (Å²) in [6.45, 7) is 18.6. The van der Waals surface area contributed by atoms with Crippen molar-refractivity contribution < 1.29 is 9.31 Å². The average molecular weight is 246 g/mol. The third-order valence-electron chi connectivity index (χ3n) is 2.37. The highest BCUT2D eigenvalue weighted by Crippen LogP contribution is 2.36. The van der Waals surface area contributed by atoms with Gasteiger partial charge in [-0.2, -0.15) is 0 Å². The zero-order chi connectivity index (χ0) is 13.4. The van der Waals surface area contributed by atoms with Gasteiger partial charge in [0, 0.05) is 0 Å². The van der Waals surface area contributed by atoms with Gasteiger partial charge in [0.15, 0.2) is 0 Å². The molecule has 0 aliphatic carbocycles. The van der Waals surface area contributed by atoms with Gasteiger partial charge < -0.3 is 9.31 Å². The third-order valence-corrected chi connectivity index (χ3v) is 2.37. The molecule has 0 unspecified atom stereocenters. The molecule has 0 N–H and O–H groups in total. The molecule has 0 amide bonds. The van der Waals surface area contributed by atoms with E-state index < -0.39 is 0 Å². The minimum Gasteiger partial charge on any atom is -0.403 e. The van der Waals surface area contributed by atoms with Crippen molar-refractivity contribution in [2.45, 2.75) is 93.7 Å². The highest BCUT2D eigenvalue weighted by atomic mass is 16.7. The molecule has 0 atom stereocenters. The molecular weight excluding hydrogens is 211 g/mol. The van der Waals surface area contributed by atoms with Gasteiger partial charge >= 0.3 is 7.12 Å². The Hall–Kier alpha value is -0.0151. The van der Waals surface area contributed by atoms with E-state index in [1.165, 1.54) is 12.8 Å². The van der Waals surface area contributed by atoms with Crippen LogP contribution in [0.2, 0.25) is 6.82 Å². The van der Waals surface area contributed by atoms with Crippen molar-refractivity contribution in [3.05, 3.63) is 0 Å². The van der Waals surface area contributed by atoms with Crippen LogP contribution in [0.3, 0.4) is 0 Å². The fourth-order valence-corrected chi connectivity index (χ4v) is 1.14. The second kappa shape index (κ2) is 9.96. The van der Waals surface area contributed by atoms with E-state index in [1.54, 1.807) is 0 Å². The molecule has 0 spiro atoms. The zero-order valence-corrected chi connectivity index (χ0v) is 12.8. The molecule has 1 heterocycles. The number of hydrogen-bond donors (Lipinski definition) is 0. The van der Waals surface area contributed by atoms with Crippen LogP contribution in [0.15, 0.2) is 0 Å². The molecule has 0 aromatic heterocycles. The standard InChI is InChI=1S/C7H15BO2.2C3H8.CH4/c1-6(2)7(3,4)10-8(5)9-6;2*1-3-2;/h1-5H3;2*3H2,1-2H3;1H4. The average Bonchev–Trinajstić information content (AvgIpc) is 2.20. The van der Waals surface area contributed by atoms with Crippen molar-refractivity contribution in [2.24, 2.45) is 0 Å². The molecule has 0 bridgehead atoms. The summed E-state index contributed by atoms with van der Waals surface area (Å²) in [5, 5.41) is 0. The molecule has 1 saturated heterocycles. The lowest BCUT2D eigenvalue weighted by atomic mass is 9.90. The van der Waals surface area contributed by atoms with Gasteiger partial charge in [0.25, 0.3) is 0 Å². The fourth-order valence-electron chi connectivity index (χ4n) is 1.14. The Labute approximate surface area is 111 Å². The zero-order valence-electron chi connectivity index (χ0n) is 12.8. The van der Waals surface area contributed by atoms with Crippen LogP contribution in [-0.2, 0) is 9.31 Å². The molecule has 17 heavy (non-hydrogen) atoms. The van der Waals surface area contributed by atoms with Crippen LogP contribution in [0.25, 0.3) is 0 Å². The molecule has 3 heteroatoms. The van der Waals surface area contributed by atoms with Crippen LogP contribution in [0.1, 0.15) is 75.7 Å². The van der Waals surface area contributed by atoms with Gasteiger partial charge in [0.05, 0.1) is 11.2 Å². The predicted octanol–water partition coefficient (Wildman–Crippen LogP) is 5.18. The van der Waals surface area contributed by atoms with E-state index in [0.29, 0.717) is 0 Å². The SMILES string of the molecule is C.CB1OC(C)(C)C(C)(C)O1.CCC.CCC. The molecule has 1 aliphatic rings. The van der Waals surface area contributed by atoms with Gasteiger partial charge in [-0.1, -0.05) is 48.0 Å². The summed E-state index contributed by atoms with van der Waals surface area (Å²) in [4.78, 5) is 0. The van der Waals surface area contributed by atoms with E-state index in [1.807, 2.05) is 6.82 Å². The first-order chi connectivity index (χ1) is 7.18. The molecule has 2 nitrogen and oxygen atoms in total. The number of rotatable bonds is 0. The quantitative estimate of drug-likeness (QED) is 0.548. The van der Waals surface area contributed by atoms with Gasteiger partial charge in [0.1, 0.15) is 0 Å². The third kappa shape index (κ3) is 8.67. The highest BCUT2D eigenvalue weighted by molar-refractivity contribution is 6.43. The van der Waals surface area contributed by atoms with Gasteiger partial charge in [-0.05, 0) is 34.5 Å². The van der Waals surface area contributed by atoms with Crippen LogP contribution in [-0.4, -0.2) is 18.3 Å². The second-order valence-electron chi connectivity index (χ2n) is 5.24. The van der Waals surface area contributed by atoms with Crippen LogP contribution in [0.5, 0.6) is 0 Å². The highest BCUT2D eigenvalue weighted by Gasteiger charge is 2.48. The van der Waals surface area contributed by atoms with Crippen molar-refractivity contribution in [3.63, 3.8) is 0 Å². The first kappa shape index (κ1) is 22.2. The van der Waals surface area contributed by atoms with Crippen LogP contribution in [0, 0.1) is 0 Å². The molecule has 0 saturated carbocycles. The first-order valence-electron chi connectivity index (χ1n) is 6.54. The summed E-state index contributed by atoms with van der Waals surface area (Å²) >= 11 is 0. The van der Waals surface area contributed by atoms with Crippen LogP contribution in [0.4, 0.5) is 0 Å². The van der Waals surface area contributed by atoms with Crippen LogP contribution >= 0.6 is 0 Å². The van der Waals surface area contributed by atoms with Crippen molar-refractivity contribution in [1.29, 1.82) is 0 Å². The summed E-state index contributed by atoms with van der Waals surface area (Å²) in [7, 11) is -0.0648. The molecule has 0 aromatic rings. The van der Waals surface area contributed by atoms with E-state index in [-0.39, 0.29) is 25.7 Å². The Morgan fingerprint density at radius 3 is 1.00 bits per heavy atom. The van der Waals surface area contributed by atoms with Crippen molar-refractivity contribution in [3.8, 4) is 0 Å². The van der Waals surface area contributed by atoms with E-state index in [0.717, 1.165) is 0 Å². The van der Waals surface area contributed by atoms with E-state index in [4.69, 9.17) is 9.31 Å². The van der Waals surface area contributed by atoms with E-state index in [2.05, 4.69) is 55.4 Å². The lowest BCUT2D eigenvalue weighted by Crippen LogP contribution is -2.41. The number of hydrogen-bond acceptors (Lipinski definition) is 2.